The SMILES string of the molecule is CN=NC1(c2ccc(C#CC3(CN4Cc5ccc(OC)cc5C4=O)NC(=O)NC3=O)cc2)NC(=O)NC1=O. The molecule has 0 radical (unpaired) electrons. The first-order chi connectivity index (χ1) is 18.2. The minimum atomic E-state index is -1.70. The molecule has 0 aromatic heterocycles. The van der Waals surface area contributed by atoms with E-state index in [-0.39, 0.29) is 19.0 Å². The van der Waals surface area contributed by atoms with Crippen LogP contribution in [0.5, 0.6) is 5.75 Å². The summed E-state index contributed by atoms with van der Waals surface area (Å²) in [5, 5.41) is 16.9. The molecule has 2 fully saturated rings. The van der Waals surface area contributed by atoms with E-state index in [4.69, 9.17) is 4.74 Å². The first-order valence-corrected chi connectivity index (χ1v) is 11.4. The van der Waals surface area contributed by atoms with Crippen LogP contribution in [0.1, 0.15) is 27.0 Å². The Morgan fingerprint density at radius 3 is 2.29 bits per heavy atom. The highest BCUT2D eigenvalue weighted by Crippen LogP contribution is 2.29. The number of amides is 7. The van der Waals surface area contributed by atoms with Gasteiger partial charge in [-0.25, -0.2) is 9.59 Å². The zero-order chi connectivity index (χ0) is 27.1. The minimum Gasteiger partial charge on any atom is -0.497 e. The topological polar surface area (TPSA) is 171 Å². The van der Waals surface area contributed by atoms with E-state index in [9.17, 15) is 24.0 Å². The normalized spacial score (nSPS) is 23.9. The molecule has 4 N–H and O–H groups in total. The molecule has 5 rings (SSSR count). The van der Waals surface area contributed by atoms with Gasteiger partial charge in [0.2, 0.25) is 5.54 Å². The number of carbonyl (C=O) groups excluding carboxylic acids is 5. The van der Waals surface area contributed by atoms with Crippen molar-refractivity contribution in [2.24, 2.45) is 10.2 Å². The van der Waals surface area contributed by atoms with E-state index < -0.39 is 35.1 Å². The number of urea groups is 2. The van der Waals surface area contributed by atoms with Gasteiger partial charge in [-0.3, -0.25) is 25.0 Å². The Morgan fingerprint density at radius 2 is 1.68 bits per heavy atom. The van der Waals surface area contributed by atoms with Crippen molar-refractivity contribution >= 4 is 29.8 Å². The fraction of sp³-hybridized carbons (Fsp3) is 0.240. The van der Waals surface area contributed by atoms with Gasteiger partial charge in [0.1, 0.15) is 5.75 Å². The van der Waals surface area contributed by atoms with Gasteiger partial charge < -0.3 is 20.3 Å². The maximum atomic E-state index is 13.1. The highest BCUT2D eigenvalue weighted by atomic mass is 16.5. The number of benzene rings is 2. The Bertz CT molecular complexity index is 1490. The Balaban J connectivity index is 1.42. The fourth-order valence-electron chi connectivity index (χ4n) is 4.51. The summed E-state index contributed by atoms with van der Waals surface area (Å²) in [7, 11) is 2.88. The molecule has 3 aliphatic heterocycles. The Kier molecular flexibility index (Phi) is 5.79. The number of imide groups is 2. The van der Waals surface area contributed by atoms with Crippen LogP contribution in [-0.2, 0) is 21.8 Å². The van der Waals surface area contributed by atoms with Crippen LogP contribution in [0.4, 0.5) is 9.59 Å². The van der Waals surface area contributed by atoms with Crippen molar-refractivity contribution in [3.05, 3.63) is 64.7 Å². The molecule has 13 nitrogen and oxygen atoms in total. The Hall–Kier alpha value is -5.25. The highest BCUT2D eigenvalue weighted by molar-refractivity contribution is 6.10. The monoisotopic (exact) mass is 515 g/mol. The van der Waals surface area contributed by atoms with Crippen molar-refractivity contribution in [3.63, 3.8) is 0 Å². The van der Waals surface area contributed by atoms with Crippen LogP contribution in [0.2, 0.25) is 0 Å². The number of nitrogens with one attached hydrogen (secondary N) is 4. The number of rotatable bonds is 5. The zero-order valence-corrected chi connectivity index (χ0v) is 20.2. The molecule has 0 spiro atoms. The lowest BCUT2D eigenvalue weighted by Crippen LogP contribution is -2.54. The van der Waals surface area contributed by atoms with Crippen LogP contribution in [-0.4, -0.2) is 60.9 Å². The number of hydrogen-bond donors (Lipinski definition) is 4. The molecule has 0 bridgehead atoms. The fourth-order valence-corrected chi connectivity index (χ4v) is 4.51. The maximum absolute atomic E-state index is 13.1. The average molecular weight is 515 g/mol. The number of carbonyl (C=O) groups is 5. The zero-order valence-electron chi connectivity index (χ0n) is 20.2. The van der Waals surface area contributed by atoms with Crippen molar-refractivity contribution in [3.8, 4) is 17.6 Å². The molecule has 38 heavy (non-hydrogen) atoms. The van der Waals surface area contributed by atoms with Crippen LogP contribution in [0.25, 0.3) is 0 Å². The number of azo groups is 1. The third kappa shape index (κ3) is 3.97. The van der Waals surface area contributed by atoms with Crippen molar-refractivity contribution in [2.75, 3.05) is 20.7 Å². The third-order valence-corrected chi connectivity index (χ3v) is 6.39. The molecule has 13 heteroatoms. The summed E-state index contributed by atoms with van der Waals surface area (Å²) in [5.41, 5.74) is -1.39. The third-order valence-electron chi connectivity index (χ3n) is 6.39. The smallest absolute Gasteiger partial charge is 0.324 e. The molecule has 2 unspecified atom stereocenters. The van der Waals surface area contributed by atoms with Crippen LogP contribution in [0.15, 0.2) is 52.7 Å². The largest absolute Gasteiger partial charge is 0.497 e. The van der Waals surface area contributed by atoms with Crippen molar-refractivity contribution in [1.82, 2.24) is 26.2 Å². The van der Waals surface area contributed by atoms with E-state index >= 15 is 0 Å². The summed E-state index contributed by atoms with van der Waals surface area (Å²) in [5.74, 6) is 4.55. The van der Waals surface area contributed by atoms with Gasteiger partial charge in [0.15, 0.2) is 0 Å². The lowest BCUT2D eigenvalue weighted by atomic mass is 9.97. The second kappa shape index (κ2) is 9.00. The van der Waals surface area contributed by atoms with E-state index in [0.29, 0.717) is 22.4 Å². The van der Waals surface area contributed by atoms with Gasteiger partial charge in [-0.1, -0.05) is 30.0 Å². The quantitative estimate of drug-likeness (QED) is 0.254. The number of methoxy groups -OCH3 is 1. The van der Waals surface area contributed by atoms with Crippen molar-refractivity contribution in [2.45, 2.75) is 17.7 Å². The van der Waals surface area contributed by atoms with Gasteiger partial charge in [0.25, 0.3) is 23.4 Å². The predicted octanol–water partition coefficient (Wildman–Crippen LogP) is 0.355. The molecule has 0 saturated carbocycles. The first-order valence-electron chi connectivity index (χ1n) is 11.4. The lowest BCUT2D eigenvalue weighted by molar-refractivity contribution is -0.124. The van der Waals surface area contributed by atoms with E-state index in [2.05, 4.69) is 43.3 Å². The summed E-state index contributed by atoms with van der Waals surface area (Å²) in [6.07, 6.45) is 0. The van der Waals surface area contributed by atoms with Gasteiger partial charge in [-0.15, -0.1) is 5.11 Å². The molecule has 3 aliphatic rings. The van der Waals surface area contributed by atoms with Crippen LogP contribution in [0.3, 0.4) is 0 Å². The number of nitrogens with zero attached hydrogens (tertiary/aromatic N) is 3. The predicted molar refractivity (Wildman–Crippen MR) is 130 cm³/mol. The van der Waals surface area contributed by atoms with E-state index in [1.165, 1.54) is 31.2 Å². The van der Waals surface area contributed by atoms with Crippen molar-refractivity contribution < 1.29 is 28.7 Å². The molecule has 2 saturated heterocycles. The molecular weight excluding hydrogens is 494 g/mol. The summed E-state index contributed by atoms with van der Waals surface area (Å²) < 4.78 is 5.20. The summed E-state index contributed by atoms with van der Waals surface area (Å²) in [4.78, 5) is 63.5. The molecule has 2 aromatic rings. The van der Waals surface area contributed by atoms with E-state index in [1.54, 1.807) is 30.3 Å². The number of fused-ring (bicyclic) bond motifs is 1. The van der Waals surface area contributed by atoms with Gasteiger partial charge >= 0.3 is 12.1 Å². The number of hydrogen-bond acceptors (Lipinski definition) is 8. The second-order valence-corrected chi connectivity index (χ2v) is 8.74. The second-order valence-electron chi connectivity index (χ2n) is 8.74. The van der Waals surface area contributed by atoms with Crippen LogP contribution >= 0.6 is 0 Å². The van der Waals surface area contributed by atoms with Gasteiger partial charge in [0.05, 0.1) is 13.7 Å². The molecule has 0 aliphatic carbocycles. The van der Waals surface area contributed by atoms with E-state index in [0.717, 1.165) is 5.56 Å². The molecule has 2 atom stereocenters. The Morgan fingerprint density at radius 1 is 0.974 bits per heavy atom. The van der Waals surface area contributed by atoms with E-state index in [1.807, 2.05) is 0 Å². The van der Waals surface area contributed by atoms with Crippen molar-refractivity contribution in [1.29, 1.82) is 0 Å². The maximum Gasteiger partial charge on any atom is 0.324 e. The van der Waals surface area contributed by atoms with Gasteiger partial charge in [0, 0.05) is 30.3 Å². The molecule has 7 amide bonds. The minimum absolute atomic E-state index is 0.183. The summed E-state index contributed by atoms with van der Waals surface area (Å²) >= 11 is 0. The molecular formula is C25H21N7O6. The molecule has 2 aromatic carbocycles. The lowest BCUT2D eigenvalue weighted by Gasteiger charge is -2.26. The Labute approximate surface area is 216 Å². The molecule has 192 valence electrons. The summed E-state index contributed by atoms with van der Waals surface area (Å²) in [6.45, 7) is 0.0545. The summed E-state index contributed by atoms with van der Waals surface area (Å²) in [6, 6.07) is 9.94. The van der Waals surface area contributed by atoms with Crippen LogP contribution in [0, 0.1) is 11.8 Å². The molecule has 3 heterocycles. The highest BCUT2D eigenvalue weighted by Gasteiger charge is 2.49. The van der Waals surface area contributed by atoms with Gasteiger partial charge in [-0.2, -0.15) is 5.11 Å². The first kappa shape index (κ1) is 24.4. The average Bonchev–Trinajstić information content (AvgIpc) is 3.47. The van der Waals surface area contributed by atoms with Crippen LogP contribution < -0.4 is 26.0 Å². The number of ether oxygens (including phenoxy) is 1. The van der Waals surface area contributed by atoms with Gasteiger partial charge in [-0.05, 0) is 29.8 Å². The standard InChI is InChI=1S/C25H21N7O6/c1-26-31-25(21(35)28-23(37)30-25)16-6-3-14(4-7-16)9-10-24(20(34)27-22(36)29-24)13-32-12-15-5-8-17(38-2)11-18(15)19(32)33/h3-8,11H,12-13H2,1-2H3,(H2,27,29,34,36)(H2,28,30,35,37).